The molecule has 0 amide bonds. The van der Waals surface area contributed by atoms with Crippen LogP contribution in [0.15, 0.2) is 12.2 Å². The number of hydrogen-bond donors (Lipinski definition) is 1. The van der Waals surface area contributed by atoms with Gasteiger partial charge in [0, 0.05) is 6.04 Å². The molecule has 0 aromatic rings. The summed E-state index contributed by atoms with van der Waals surface area (Å²) in [4.78, 5) is 0. The van der Waals surface area contributed by atoms with Crippen molar-refractivity contribution in [3.63, 3.8) is 0 Å². The number of nitrogens with one attached hydrogen (secondary N) is 1. The predicted octanol–water partition coefficient (Wildman–Crippen LogP) is 4.05. The zero-order valence-corrected chi connectivity index (χ0v) is 10.3. The summed E-state index contributed by atoms with van der Waals surface area (Å²) in [6.45, 7) is 3.45. The Balaban J connectivity index is 1.71. The Morgan fingerprint density at radius 2 is 1.73 bits per heavy atom. The van der Waals surface area contributed by atoms with Crippen LogP contribution in [0.25, 0.3) is 0 Å². The second kappa shape index (κ2) is 8.96. The second-order valence-corrected chi connectivity index (χ2v) is 4.69. The lowest BCUT2D eigenvalue weighted by atomic mass is 10.1. The average molecular weight is 209 g/mol. The van der Waals surface area contributed by atoms with Crippen LogP contribution in [0.2, 0.25) is 0 Å². The lowest BCUT2D eigenvalue weighted by molar-refractivity contribution is 0.636. The Labute approximate surface area is 95.3 Å². The van der Waals surface area contributed by atoms with Crippen molar-refractivity contribution in [2.45, 2.75) is 70.8 Å². The minimum atomic E-state index is 0.868. The zero-order chi connectivity index (χ0) is 10.8. The summed E-state index contributed by atoms with van der Waals surface area (Å²) in [6, 6.07) is 0.868. The Bertz CT molecular complexity index is 159. The van der Waals surface area contributed by atoms with E-state index >= 15 is 0 Å². The summed E-state index contributed by atoms with van der Waals surface area (Å²) in [7, 11) is 0. The quantitative estimate of drug-likeness (QED) is 0.423. The molecule has 1 fully saturated rings. The van der Waals surface area contributed by atoms with Crippen LogP contribution in [0.4, 0.5) is 0 Å². The monoisotopic (exact) mass is 209 g/mol. The fourth-order valence-electron chi connectivity index (χ4n) is 1.76. The number of hydrogen-bond acceptors (Lipinski definition) is 1. The topological polar surface area (TPSA) is 12.0 Å². The minimum Gasteiger partial charge on any atom is -0.314 e. The van der Waals surface area contributed by atoms with Gasteiger partial charge in [0.15, 0.2) is 0 Å². The van der Waals surface area contributed by atoms with Gasteiger partial charge in [-0.25, -0.2) is 0 Å². The van der Waals surface area contributed by atoms with Gasteiger partial charge < -0.3 is 5.32 Å². The van der Waals surface area contributed by atoms with E-state index in [9.17, 15) is 0 Å². The molecular formula is C14H27N. The van der Waals surface area contributed by atoms with Crippen molar-refractivity contribution in [3.8, 4) is 0 Å². The molecule has 0 aromatic carbocycles. The normalized spacial score (nSPS) is 16.3. The first-order valence-corrected chi connectivity index (χ1v) is 6.82. The predicted molar refractivity (Wildman–Crippen MR) is 68.2 cm³/mol. The molecule has 0 heterocycles. The Morgan fingerprint density at radius 3 is 2.47 bits per heavy atom. The third kappa shape index (κ3) is 8.68. The van der Waals surface area contributed by atoms with Crippen LogP contribution in [0.3, 0.4) is 0 Å². The lowest BCUT2D eigenvalue weighted by Crippen LogP contribution is -2.16. The highest BCUT2D eigenvalue weighted by molar-refractivity contribution is 4.85. The summed E-state index contributed by atoms with van der Waals surface area (Å²) in [5.41, 5.74) is 0. The van der Waals surface area contributed by atoms with Gasteiger partial charge >= 0.3 is 0 Å². The molecule has 1 N–H and O–H groups in total. The van der Waals surface area contributed by atoms with Crippen LogP contribution < -0.4 is 5.32 Å². The van der Waals surface area contributed by atoms with Crippen LogP contribution in [0.5, 0.6) is 0 Å². The van der Waals surface area contributed by atoms with E-state index < -0.39 is 0 Å². The van der Waals surface area contributed by atoms with Crippen molar-refractivity contribution in [1.29, 1.82) is 0 Å². The second-order valence-electron chi connectivity index (χ2n) is 4.69. The number of allylic oxidation sites excluding steroid dienone is 1. The highest BCUT2D eigenvalue weighted by Gasteiger charge is 2.19. The van der Waals surface area contributed by atoms with E-state index in [0.717, 1.165) is 6.04 Å². The summed E-state index contributed by atoms with van der Waals surface area (Å²) < 4.78 is 0. The maximum absolute atomic E-state index is 3.52. The molecule has 0 atom stereocenters. The van der Waals surface area contributed by atoms with E-state index in [-0.39, 0.29) is 0 Å². The van der Waals surface area contributed by atoms with Crippen LogP contribution in [0, 0.1) is 0 Å². The van der Waals surface area contributed by atoms with Gasteiger partial charge in [-0.1, -0.05) is 44.8 Å². The van der Waals surface area contributed by atoms with Crippen LogP contribution in [-0.4, -0.2) is 12.6 Å². The van der Waals surface area contributed by atoms with Gasteiger partial charge in [-0.2, -0.15) is 0 Å². The number of unbranched alkanes of at least 4 members (excludes halogenated alkanes) is 5. The standard InChI is InChI=1S/C14H27N/c1-2-3-4-5-6-7-8-9-10-13-15-14-11-12-14/h8-9,14-15H,2-7,10-13H2,1H3. The SMILES string of the molecule is CCCCCCCC=CCCNC1CC1. The Morgan fingerprint density at radius 1 is 1.00 bits per heavy atom. The summed E-state index contributed by atoms with van der Waals surface area (Å²) in [6.07, 6.45) is 17.0. The molecule has 1 rings (SSSR count). The van der Waals surface area contributed by atoms with E-state index in [4.69, 9.17) is 0 Å². The van der Waals surface area contributed by atoms with Gasteiger partial charge in [-0.3, -0.25) is 0 Å². The fourth-order valence-corrected chi connectivity index (χ4v) is 1.76. The minimum absolute atomic E-state index is 0.868. The van der Waals surface area contributed by atoms with Crippen molar-refractivity contribution in [3.05, 3.63) is 12.2 Å². The van der Waals surface area contributed by atoms with Gasteiger partial charge in [0.05, 0.1) is 0 Å². The highest BCUT2D eigenvalue weighted by atomic mass is 14.9. The van der Waals surface area contributed by atoms with Crippen molar-refractivity contribution < 1.29 is 0 Å². The van der Waals surface area contributed by atoms with E-state index in [0.29, 0.717) is 0 Å². The first-order valence-electron chi connectivity index (χ1n) is 6.82. The molecule has 0 saturated heterocycles. The molecule has 0 aliphatic heterocycles. The first kappa shape index (κ1) is 12.8. The van der Waals surface area contributed by atoms with Crippen molar-refractivity contribution in [2.24, 2.45) is 0 Å². The molecule has 0 radical (unpaired) electrons. The molecule has 88 valence electrons. The van der Waals surface area contributed by atoms with Crippen molar-refractivity contribution >= 4 is 0 Å². The van der Waals surface area contributed by atoms with E-state index in [1.54, 1.807) is 0 Å². The third-order valence-electron chi connectivity index (χ3n) is 2.96. The smallest absolute Gasteiger partial charge is 0.00683 e. The van der Waals surface area contributed by atoms with Gasteiger partial charge in [0.2, 0.25) is 0 Å². The largest absolute Gasteiger partial charge is 0.314 e. The molecule has 1 aliphatic carbocycles. The molecule has 0 bridgehead atoms. The van der Waals surface area contributed by atoms with Gasteiger partial charge in [0.1, 0.15) is 0 Å². The van der Waals surface area contributed by atoms with E-state index in [1.807, 2.05) is 0 Å². The molecule has 1 aliphatic rings. The first-order chi connectivity index (χ1) is 7.43. The summed E-state index contributed by atoms with van der Waals surface area (Å²) in [5, 5.41) is 3.52. The zero-order valence-electron chi connectivity index (χ0n) is 10.3. The van der Waals surface area contributed by atoms with E-state index in [2.05, 4.69) is 24.4 Å². The highest BCUT2D eigenvalue weighted by Crippen LogP contribution is 2.18. The van der Waals surface area contributed by atoms with Crippen LogP contribution >= 0.6 is 0 Å². The Kier molecular flexibility index (Phi) is 7.63. The lowest BCUT2D eigenvalue weighted by Gasteiger charge is -1.98. The molecule has 0 spiro atoms. The van der Waals surface area contributed by atoms with E-state index in [1.165, 1.54) is 64.3 Å². The molecule has 0 aromatic heterocycles. The maximum Gasteiger partial charge on any atom is 0.00683 e. The molecule has 1 nitrogen and oxygen atoms in total. The molecule has 1 heteroatoms. The molecule has 0 unspecified atom stereocenters. The molecular weight excluding hydrogens is 182 g/mol. The molecule has 1 saturated carbocycles. The third-order valence-corrected chi connectivity index (χ3v) is 2.96. The number of rotatable bonds is 10. The Hall–Kier alpha value is -0.300. The van der Waals surface area contributed by atoms with Gasteiger partial charge in [-0.05, 0) is 38.6 Å². The van der Waals surface area contributed by atoms with Crippen LogP contribution in [-0.2, 0) is 0 Å². The van der Waals surface area contributed by atoms with Crippen LogP contribution in [0.1, 0.15) is 64.7 Å². The van der Waals surface area contributed by atoms with Gasteiger partial charge in [0.25, 0.3) is 0 Å². The molecule has 15 heavy (non-hydrogen) atoms. The van der Waals surface area contributed by atoms with Crippen molar-refractivity contribution in [1.82, 2.24) is 5.32 Å². The summed E-state index contributed by atoms with van der Waals surface area (Å²) >= 11 is 0. The maximum atomic E-state index is 3.52. The van der Waals surface area contributed by atoms with Gasteiger partial charge in [-0.15, -0.1) is 0 Å². The average Bonchev–Trinajstić information content (AvgIpc) is 3.05. The fraction of sp³-hybridized carbons (Fsp3) is 0.857. The van der Waals surface area contributed by atoms with Crippen molar-refractivity contribution in [2.75, 3.05) is 6.54 Å². The summed E-state index contributed by atoms with van der Waals surface area (Å²) in [5.74, 6) is 0.